The van der Waals surface area contributed by atoms with Crippen molar-refractivity contribution in [2.45, 2.75) is 6.92 Å². The highest BCUT2D eigenvalue weighted by Crippen LogP contribution is 2.28. The second-order valence-electron chi connectivity index (χ2n) is 3.44. The fourth-order valence-electron chi connectivity index (χ4n) is 1.55. The lowest BCUT2D eigenvalue weighted by molar-refractivity contribution is 0.0690. The first-order valence-corrected chi connectivity index (χ1v) is 5.11. The Morgan fingerprint density at radius 3 is 2.82 bits per heavy atom. The van der Waals surface area contributed by atoms with E-state index in [1.165, 1.54) is 0 Å². The number of ether oxygens (including phenoxy) is 1. The Bertz CT molecular complexity index is 580. The smallest absolute Gasteiger partial charge is 0.354 e. The number of rotatable bonds is 3. The van der Waals surface area contributed by atoms with E-state index in [1.807, 2.05) is 6.92 Å². The van der Waals surface area contributed by atoms with Crippen LogP contribution in [0, 0.1) is 0 Å². The highest BCUT2D eigenvalue weighted by Gasteiger charge is 2.10. The van der Waals surface area contributed by atoms with E-state index >= 15 is 0 Å². The van der Waals surface area contributed by atoms with Gasteiger partial charge in [-0.25, -0.2) is 9.78 Å². The molecule has 2 aromatic rings. The molecule has 17 heavy (non-hydrogen) atoms. The highest BCUT2D eigenvalue weighted by molar-refractivity contribution is 5.93. The molecular formula is C12H11NO4. The molecule has 0 radical (unpaired) electrons. The molecule has 1 aromatic heterocycles. The third-order valence-corrected chi connectivity index (χ3v) is 2.29. The fraction of sp³-hybridized carbons (Fsp3) is 0.167. The number of pyridine rings is 1. The molecule has 2 N–H and O–H groups in total. The summed E-state index contributed by atoms with van der Waals surface area (Å²) in [6.45, 7) is 2.38. The largest absolute Gasteiger partial charge is 0.507 e. The van der Waals surface area contributed by atoms with Crippen LogP contribution in [0.15, 0.2) is 24.3 Å². The van der Waals surface area contributed by atoms with Gasteiger partial charge in [-0.2, -0.15) is 0 Å². The molecule has 0 fully saturated rings. The first kappa shape index (κ1) is 11.2. The van der Waals surface area contributed by atoms with Crippen molar-refractivity contribution in [2.24, 2.45) is 0 Å². The Morgan fingerprint density at radius 1 is 1.41 bits per heavy atom. The second kappa shape index (κ2) is 4.29. The third-order valence-electron chi connectivity index (χ3n) is 2.29. The Balaban J connectivity index is 2.60. The zero-order valence-electron chi connectivity index (χ0n) is 9.17. The molecule has 1 heterocycles. The van der Waals surface area contributed by atoms with Crippen molar-refractivity contribution in [3.8, 4) is 11.5 Å². The second-order valence-corrected chi connectivity index (χ2v) is 3.44. The van der Waals surface area contributed by atoms with Gasteiger partial charge in [0.1, 0.15) is 11.5 Å². The van der Waals surface area contributed by atoms with Crippen molar-refractivity contribution < 1.29 is 19.7 Å². The van der Waals surface area contributed by atoms with Crippen LogP contribution in [0.25, 0.3) is 10.9 Å². The average Bonchev–Trinajstić information content (AvgIpc) is 2.30. The molecule has 5 heteroatoms. The van der Waals surface area contributed by atoms with E-state index in [9.17, 15) is 9.90 Å². The summed E-state index contributed by atoms with van der Waals surface area (Å²) in [6.07, 6.45) is 0. The van der Waals surface area contributed by atoms with Gasteiger partial charge in [-0.1, -0.05) is 0 Å². The minimum absolute atomic E-state index is 0.117. The van der Waals surface area contributed by atoms with Crippen LogP contribution in [-0.2, 0) is 0 Å². The molecule has 5 nitrogen and oxygen atoms in total. The van der Waals surface area contributed by atoms with Crippen molar-refractivity contribution in [1.29, 1.82) is 0 Å². The molecule has 0 amide bonds. The van der Waals surface area contributed by atoms with Crippen LogP contribution in [-0.4, -0.2) is 27.8 Å². The van der Waals surface area contributed by atoms with Gasteiger partial charge < -0.3 is 14.9 Å². The lowest BCUT2D eigenvalue weighted by Crippen LogP contribution is -2.00. The minimum Gasteiger partial charge on any atom is -0.507 e. The van der Waals surface area contributed by atoms with E-state index in [-0.39, 0.29) is 11.4 Å². The molecule has 0 aliphatic carbocycles. The predicted octanol–water partition coefficient (Wildman–Crippen LogP) is 2.04. The summed E-state index contributed by atoms with van der Waals surface area (Å²) in [5, 5.41) is 19.0. The average molecular weight is 233 g/mol. The number of carbonyl (C=O) groups is 1. The van der Waals surface area contributed by atoms with E-state index in [2.05, 4.69) is 4.98 Å². The van der Waals surface area contributed by atoms with Crippen LogP contribution >= 0.6 is 0 Å². The Hall–Kier alpha value is -2.30. The summed E-state index contributed by atoms with van der Waals surface area (Å²) in [4.78, 5) is 14.7. The number of carboxylic acid groups (broad SMARTS) is 1. The van der Waals surface area contributed by atoms with E-state index in [4.69, 9.17) is 9.84 Å². The maximum Gasteiger partial charge on any atom is 0.354 e. The van der Waals surface area contributed by atoms with Gasteiger partial charge in [-0.15, -0.1) is 0 Å². The fourth-order valence-corrected chi connectivity index (χ4v) is 1.55. The molecule has 88 valence electrons. The number of aromatic nitrogens is 1. The molecule has 1 aromatic carbocycles. The molecule has 0 aliphatic heterocycles. The van der Waals surface area contributed by atoms with Crippen molar-refractivity contribution in [3.63, 3.8) is 0 Å². The Kier molecular flexibility index (Phi) is 2.82. The Morgan fingerprint density at radius 2 is 2.18 bits per heavy atom. The number of carboxylic acids is 1. The first-order chi connectivity index (χ1) is 8.11. The maximum absolute atomic E-state index is 10.8. The molecule has 0 saturated carbocycles. The molecule has 0 spiro atoms. The van der Waals surface area contributed by atoms with Gasteiger partial charge in [-0.3, -0.25) is 0 Å². The quantitative estimate of drug-likeness (QED) is 0.847. The number of nitrogens with zero attached hydrogens (tertiary/aromatic N) is 1. The van der Waals surface area contributed by atoms with Crippen LogP contribution in [0.3, 0.4) is 0 Å². The van der Waals surface area contributed by atoms with Crippen LogP contribution in [0.5, 0.6) is 11.5 Å². The van der Waals surface area contributed by atoms with Gasteiger partial charge in [-0.05, 0) is 25.1 Å². The van der Waals surface area contributed by atoms with Crippen molar-refractivity contribution in [1.82, 2.24) is 4.98 Å². The molecule has 0 atom stereocenters. The van der Waals surface area contributed by atoms with Gasteiger partial charge in [0.05, 0.1) is 12.1 Å². The van der Waals surface area contributed by atoms with Crippen LogP contribution in [0.1, 0.15) is 17.4 Å². The van der Waals surface area contributed by atoms with E-state index in [0.29, 0.717) is 23.3 Å². The topological polar surface area (TPSA) is 79.7 Å². The van der Waals surface area contributed by atoms with E-state index in [0.717, 1.165) is 6.07 Å². The number of benzene rings is 1. The summed E-state index contributed by atoms with van der Waals surface area (Å²) in [6, 6.07) is 6.06. The van der Waals surface area contributed by atoms with E-state index < -0.39 is 5.97 Å². The SMILES string of the molecule is CCOc1ccc2nc(C(=O)O)cc(O)c2c1. The summed E-state index contributed by atoms with van der Waals surface area (Å²) < 4.78 is 5.29. The molecule has 0 saturated heterocycles. The third kappa shape index (κ3) is 2.13. The molecule has 0 bridgehead atoms. The van der Waals surface area contributed by atoms with Crippen LogP contribution in [0.4, 0.5) is 0 Å². The van der Waals surface area contributed by atoms with Gasteiger partial charge in [0.25, 0.3) is 0 Å². The van der Waals surface area contributed by atoms with Crippen molar-refractivity contribution in [2.75, 3.05) is 6.61 Å². The molecule has 0 aliphatic rings. The zero-order chi connectivity index (χ0) is 12.4. The summed E-state index contributed by atoms with van der Waals surface area (Å²) in [5.74, 6) is -0.676. The molecule has 0 unspecified atom stereocenters. The van der Waals surface area contributed by atoms with Crippen molar-refractivity contribution in [3.05, 3.63) is 30.0 Å². The lowest BCUT2D eigenvalue weighted by atomic mass is 10.1. The standard InChI is InChI=1S/C12H11NO4/c1-2-17-7-3-4-9-8(5-7)11(14)6-10(13-9)12(15)16/h3-6H,2H2,1H3,(H,13,14)(H,15,16). The number of hydrogen-bond acceptors (Lipinski definition) is 4. The van der Waals surface area contributed by atoms with E-state index in [1.54, 1.807) is 18.2 Å². The summed E-state index contributed by atoms with van der Waals surface area (Å²) >= 11 is 0. The van der Waals surface area contributed by atoms with Gasteiger partial charge in [0, 0.05) is 11.5 Å². The van der Waals surface area contributed by atoms with Gasteiger partial charge in [0.15, 0.2) is 5.69 Å². The predicted molar refractivity (Wildman–Crippen MR) is 61.5 cm³/mol. The number of aromatic carboxylic acids is 1. The highest BCUT2D eigenvalue weighted by atomic mass is 16.5. The first-order valence-electron chi connectivity index (χ1n) is 5.11. The van der Waals surface area contributed by atoms with Crippen LogP contribution in [0.2, 0.25) is 0 Å². The number of fused-ring (bicyclic) bond motifs is 1. The van der Waals surface area contributed by atoms with Gasteiger partial charge in [0.2, 0.25) is 0 Å². The molecular weight excluding hydrogens is 222 g/mol. The normalized spacial score (nSPS) is 10.4. The summed E-state index contributed by atoms with van der Waals surface area (Å²) in [5.41, 5.74) is 0.241. The number of aromatic hydroxyl groups is 1. The monoisotopic (exact) mass is 233 g/mol. The Labute approximate surface area is 97.3 Å². The van der Waals surface area contributed by atoms with Crippen molar-refractivity contribution >= 4 is 16.9 Å². The summed E-state index contributed by atoms with van der Waals surface area (Å²) in [7, 11) is 0. The lowest BCUT2D eigenvalue weighted by Gasteiger charge is -2.06. The van der Waals surface area contributed by atoms with Crippen LogP contribution < -0.4 is 4.74 Å². The minimum atomic E-state index is -1.17. The number of hydrogen-bond donors (Lipinski definition) is 2. The van der Waals surface area contributed by atoms with Gasteiger partial charge >= 0.3 is 5.97 Å². The molecule has 2 rings (SSSR count). The maximum atomic E-state index is 10.8. The zero-order valence-corrected chi connectivity index (χ0v) is 9.17.